The van der Waals surface area contributed by atoms with E-state index >= 15 is 4.39 Å². The number of benzene rings is 2. The van der Waals surface area contributed by atoms with Gasteiger partial charge in [0.05, 0.1) is 10.9 Å². The minimum Gasteiger partial charge on any atom is -0.325 e. The largest absolute Gasteiger partial charge is 0.405 e. The summed E-state index contributed by atoms with van der Waals surface area (Å²) in [6.07, 6.45) is -3.03. The van der Waals surface area contributed by atoms with Crippen LogP contribution in [0.2, 0.25) is 0 Å². The van der Waals surface area contributed by atoms with Gasteiger partial charge in [0.2, 0.25) is 0 Å². The Hall–Kier alpha value is -3.34. The lowest BCUT2D eigenvalue weighted by atomic mass is 9.95. The van der Waals surface area contributed by atoms with Gasteiger partial charge < -0.3 is 4.90 Å². The molecule has 182 valence electrons. The maximum Gasteiger partial charge on any atom is 0.405 e. The zero-order valence-electron chi connectivity index (χ0n) is 19.8. The number of hydrogen-bond acceptors (Lipinski definition) is 3. The second-order valence-electron chi connectivity index (χ2n) is 10.2. The quantitative estimate of drug-likeness (QED) is 0.312. The number of nitrogens with zero attached hydrogens (tertiary/aromatic N) is 3. The van der Waals surface area contributed by atoms with Crippen molar-refractivity contribution in [1.29, 1.82) is 0 Å². The average Bonchev–Trinajstić information content (AvgIpc) is 3.57. The Bertz CT molecular complexity index is 1450. The van der Waals surface area contributed by atoms with Crippen molar-refractivity contribution in [3.8, 4) is 11.8 Å². The summed E-state index contributed by atoms with van der Waals surface area (Å²) in [5.74, 6) is 4.98. The molecule has 0 spiro atoms. The Morgan fingerprint density at radius 2 is 1.77 bits per heavy atom. The molecule has 1 aliphatic carbocycles. The Kier molecular flexibility index (Phi) is 5.24. The molecular weight excluding hydrogens is 458 g/mol. The molecule has 1 aliphatic heterocycles. The molecule has 0 atom stereocenters. The van der Waals surface area contributed by atoms with Gasteiger partial charge in [0.15, 0.2) is 5.82 Å². The van der Waals surface area contributed by atoms with Crippen LogP contribution in [0.3, 0.4) is 0 Å². The summed E-state index contributed by atoms with van der Waals surface area (Å²) in [5.41, 5.74) is -0.585. The molecule has 2 aromatic carbocycles. The standard InChI is InChI=1S/C27H25F4N3O/c1-25(2,3)34-21-11-5-9-19(28)22(21)23(32-24(34)35)33-16-6-8-18-17(7-4-10-20(18)33)12-13-26(14-15-26)27(29,30)31/h4-5,7,9-11H,6,8,14-16H2,1-3H3. The van der Waals surface area contributed by atoms with Crippen LogP contribution in [0.25, 0.3) is 10.9 Å². The van der Waals surface area contributed by atoms with Crippen LogP contribution in [0.1, 0.15) is 51.2 Å². The Labute approximate surface area is 200 Å². The summed E-state index contributed by atoms with van der Waals surface area (Å²) in [6, 6.07) is 9.86. The number of aromatic nitrogens is 2. The van der Waals surface area contributed by atoms with E-state index in [2.05, 4.69) is 16.8 Å². The summed E-state index contributed by atoms with van der Waals surface area (Å²) < 4.78 is 56.8. The van der Waals surface area contributed by atoms with E-state index in [1.54, 1.807) is 29.2 Å². The molecule has 3 aromatic rings. The SMILES string of the molecule is CC(C)(C)n1c(=O)nc(N2CCCc3c(C#CC4(C(F)(F)F)CC4)cccc32)c2c(F)cccc21. The summed E-state index contributed by atoms with van der Waals surface area (Å²) in [4.78, 5) is 19.2. The zero-order chi connectivity index (χ0) is 25.2. The molecule has 0 amide bonds. The van der Waals surface area contributed by atoms with Gasteiger partial charge in [-0.1, -0.05) is 24.0 Å². The first kappa shape index (κ1) is 23.4. The van der Waals surface area contributed by atoms with Crippen LogP contribution in [0.5, 0.6) is 0 Å². The molecule has 0 saturated heterocycles. The minimum absolute atomic E-state index is 0.0178. The normalized spacial score (nSPS) is 17.1. The number of hydrogen-bond donors (Lipinski definition) is 0. The fourth-order valence-electron chi connectivity index (χ4n) is 4.82. The van der Waals surface area contributed by atoms with Crippen LogP contribution in [-0.4, -0.2) is 22.3 Å². The van der Waals surface area contributed by atoms with Crippen LogP contribution in [0, 0.1) is 23.1 Å². The highest BCUT2D eigenvalue weighted by Crippen LogP contribution is 2.57. The molecule has 0 N–H and O–H groups in total. The van der Waals surface area contributed by atoms with Crippen molar-refractivity contribution >= 4 is 22.4 Å². The third-order valence-corrected chi connectivity index (χ3v) is 6.76. The summed E-state index contributed by atoms with van der Waals surface area (Å²) in [7, 11) is 0. The van der Waals surface area contributed by atoms with Gasteiger partial charge >= 0.3 is 11.9 Å². The third-order valence-electron chi connectivity index (χ3n) is 6.76. The van der Waals surface area contributed by atoms with Crippen molar-refractivity contribution in [3.63, 3.8) is 0 Å². The molecule has 4 nitrogen and oxygen atoms in total. The van der Waals surface area contributed by atoms with Crippen LogP contribution >= 0.6 is 0 Å². The smallest absolute Gasteiger partial charge is 0.325 e. The molecule has 0 bridgehead atoms. The van der Waals surface area contributed by atoms with Crippen LogP contribution in [0.4, 0.5) is 29.1 Å². The van der Waals surface area contributed by atoms with Gasteiger partial charge in [-0.3, -0.25) is 4.57 Å². The van der Waals surface area contributed by atoms with E-state index in [4.69, 9.17) is 0 Å². The van der Waals surface area contributed by atoms with E-state index in [-0.39, 0.29) is 24.0 Å². The van der Waals surface area contributed by atoms with Crippen molar-refractivity contribution < 1.29 is 17.6 Å². The van der Waals surface area contributed by atoms with Crippen LogP contribution < -0.4 is 10.6 Å². The lowest BCUT2D eigenvalue weighted by Crippen LogP contribution is -2.38. The number of rotatable bonds is 1. The Morgan fingerprint density at radius 1 is 1.06 bits per heavy atom. The van der Waals surface area contributed by atoms with Gasteiger partial charge in [-0.15, -0.1) is 0 Å². The summed E-state index contributed by atoms with van der Waals surface area (Å²) >= 11 is 0. The zero-order valence-corrected chi connectivity index (χ0v) is 19.8. The molecular formula is C27H25F4N3O. The van der Waals surface area contributed by atoms with Crippen molar-refractivity contribution in [2.24, 2.45) is 5.41 Å². The third kappa shape index (κ3) is 3.87. The fourth-order valence-corrected chi connectivity index (χ4v) is 4.82. The van der Waals surface area contributed by atoms with Crippen molar-refractivity contribution in [1.82, 2.24) is 9.55 Å². The highest BCUT2D eigenvalue weighted by Gasteiger charge is 2.62. The van der Waals surface area contributed by atoms with Crippen LogP contribution in [-0.2, 0) is 12.0 Å². The monoisotopic (exact) mass is 483 g/mol. The summed E-state index contributed by atoms with van der Waals surface area (Å²) in [5, 5.41) is 0.236. The predicted octanol–water partition coefficient (Wildman–Crippen LogP) is 6.07. The van der Waals surface area contributed by atoms with Gasteiger partial charge in [-0.05, 0) is 76.3 Å². The van der Waals surface area contributed by atoms with Gasteiger partial charge in [0.25, 0.3) is 0 Å². The first-order chi connectivity index (χ1) is 16.4. The highest BCUT2D eigenvalue weighted by atomic mass is 19.4. The molecule has 2 aliphatic rings. The number of anilines is 2. The molecule has 1 aromatic heterocycles. The van der Waals surface area contributed by atoms with E-state index in [1.165, 1.54) is 10.6 Å². The van der Waals surface area contributed by atoms with Gasteiger partial charge in [0, 0.05) is 23.3 Å². The second kappa shape index (κ2) is 7.84. The summed E-state index contributed by atoms with van der Waals surface area (Å²) in [6.45, 7) is 6.06. The molecule has 0 radical (unpaired) electrons. The second-order valence-corrected chi connectivity index (χ2v) is 10.2. The van der Waals surface area contributed by atoms with E-state index in [0.29, 0.717) is 36.2 Å². The molecule has 1 fully saturated rings. The number of halogens is 4. The van der Waals surface area contributed by atoms with E-state index in [9.17, 15) is 18.0 Å². The predicted molar refractivity (Wildman–Crippen MR) is 127 cm³/mol. The molecule has 5 rings (SSSR count). The first-order valence-corrected chi connectivity index (χ1v) is 11.6. The lowest BCUT2D eigenvalue weighted by molar-refractivity contribution is -0.168. The average molecular weight is 484 g/mol. The molecule has 2 heterocycles. The Balaban J connectivity index is 1.68. The topological polar surface area (TPSA) is 38.1 Å². The molecule has 1 saturated carbocycles. The first-order valence-electron chi connectivity index (χ1n) is 11.6. The highest BCUT2D eigenvalue weighted by molar-refractivity contribution is 5.93. The molecule has 35 heavy (non-hydrogen) atoms. The van der Waals surface area contributed by atoms with E-state index in [1.807, 2.05) is 26.8 Å². The fraction of sp³-hybridized carbons (Fsp3) is 0.407. The minimum atomic E-state index is -4.35. The van der Waals surface area contributed by atoms with E-state index < -0.39 is 28.6 Å². The van der Waals surface area contributed by atoms with Crippen molar-refractivity contribution in [2.45, 2.75) is 58.2 Å². The van der Waals surface area contributed by atoms with Crippen molar-refractivity contribution in [2.75, 3.05) is 11.4 Å². The van der Waals surface area contributed by atoms with Crippen LogP contribution in [0.15, 0.2) is 41.2 Å². The Morgan fingerprint density at radius 3 is 2.43 bits per heavy atom. The van der Waals surface area contributed by atoms with Gasteiger partial charge in [-0.25, -0.2) is 9.18 Å². The lowest BCUT2D eigenvalue weighted by Gasteiger charge is -2.33. The molecule has 0 unspecified atom stereocenters. The van der Waals surface area contributed by atoms with Gasteiger partial charge in [0.1, 0.15) is 11.2 Å². The van der Waals surface area contributed by atoms with Crippen molar-refractivity contribution in [3.05, 3.63) is 63.8 Å². The maximum atomic E-state index is 15.2. The van der Waals surface area contributed by atoms with E-state index in [0.717, 1.165) is 5.56 Å². The van der Waals surface area contributed by atoms with Gasteiger partial charge in [-0.2, -0.15) is 18.2 Å². The maximum absolute atomic E-state index is 15.2. The number of alkyl halides is 3. The molecule has 8 heteroatoms. The number of fused-ring (bicyclic) bond motifs is 2.